The smallest absolute Gasteiger partial charge is 0.331 e. The molecule has 13 nitrogen and oxygen atoms in total. The molecule has 2 heterocycles. The largest absolute Gasteiger partial charge is 0.508 e. The maximum absolute atomic E-state index is 12.7. The molecule has 0 aliphatic carbocycles. The van der Waals surface area contributed by atoms with Gasteiger partial charge in [-0.05, 0) is 48.0 Å². The van der Waals surface area contributed by atoms with E-state index in [0.29, 0.717) is 11.1 Å². The van der Waals surface area contributed by atoms with Gasteiger partial charge in [-0.3, -0.25) is 4.79 Å². The average Bonchev–Trinajstić information content (AvgIpc) is 2.97. The lowest BCUT2D eigenvalue weighted by atomic mass is 9.99. The average molecular weight is 595 g/mol. The van der Waals surface area contributed by atoms with Gasteiger partial charge in [0.05, 0.1) is 6.61 Å². The Hall–Kier alpha value is -5.08. The Morgan fingerprint density at radius 3 is 2.33 bits per heavy atom. The minimum absolute atomic E-state index is 0.00944. The van der Waals surface area contributed by atoms with Crippen molar-refractivity contribution in [2.75, 3.05) is 6.61 Å². The molecule has 1 aliphatic heterocycles. The number of aliphatic hydroxyl groups is 3. The summed E-state index contributed by atoms with van der Waals surface area (Å²) in [5, 5.41) is 70.2. The first-order chi connectivity index (χ1) is 20.5. The summed E-state index contributed by atoms with van der Waals surface area (Å²) in [4.78, 5) is 25.2. The summed E-state index contributed by atoms with van der Waals surface area (Å²) in [6, 6.07) is 13.2. The Morgan fingerprint density at radius 1 is 0.884 bits per heavy atom. The first-order valence-corrected chi connectivity index (χ1v) is 12.8. The highest BCUT2D eigenvalue weighted by atomic mass is 16.7. The highest BCUT2D eigenvalue weighted by Crippen LogP contribution is 2.34. The second-order valence-corrected chi connectivity index (χ2v) is 9.64. The normalized spacial score (nSPS) is 22.1. The van der Waals surface area contributed by atoms with Crippen LogP contribution in [0, 0.1) is 0 Å². The van der Waals surface area contributed by atoms with E-state index in [-0.39, 0.29) is 34.0 Å². The zero-order valence-corrected chi connectivity index (χ0v) is 22.1. The van der Waals surface area contributed by atoms with Gasteiger partial charge in [0.1, 0.15) is 46.2 Å². The molecule has 0 amide bonds. The van der Waals surface area contributed by atoms with E-state index in [1.54, 1.807) is 0 Å². The maximum Gasteiger partial charge on any atom is 0.331 e. The van der Waals surface area contributed by atoms with Crippen LogP contribution in [-0.2, 0) is 14.3 Å². The second-order valence-electron chi connectivity index (χ2n) is 9.64. The highest BCUT2D eigenvalue weighted by molar-refractivity contribution is 5.87. The predicted octanol–water partition coefficient (Wildman–Crippen LogP) is 1.73. The molecule has 3 aromatic carbocycles. The third-order valence-corrected chi connectivity index (χ3v) is 6.67. The standard InChI is InChI=1S/C30H26O13/c31-13-24-27(38)29(43-25(37)8-2-14-1-7-18(33)19(34)9-14)28(39)30(42-24)40-17-10-20(35)26-21(36)12-22(41-23(26)11-17)15-3-5-16(32)6-4-15/h1-12,24,27-35,38-39H,13H2/b8-2+/t24-,27-,28-,29+,30-/m1/s1. The van der Waals surface area contributed by atoms with Crippen molar-refractivity contribution in [3.63, 3.8) is 0 Å². The molecule has 7 N–H and O–H groups in total. The molecule has 1 aliphatic rings. The second kappa shape index (κ2) is 12.0. The van der Waals surface area contributed by atoms with Gasteiger partial charge in [0.15, 0.2) is 29.1 Å². The quantitative estimate of drug-likeness (QED) is 0.0923. The third-order valence-electron chi connectivity index (χ3n) is 6.67. The number of benzene rings is 3. The van der Waals surface area contributed by atoms with Crippen molar-refractivity contribution >= 4 is 23.0 Å². The number of phenolic OH excluding ortho intramolecular Hbond substituents is 4. The van der Waals surface area contributed by atoms with E-state index in [4.69, 9.17) is 18.6 Å². The molecule has 224 valence electrons. The van der Waals surface area contributed by atoms with E-state index in [9.17, 15) is 45.3 Å². The molecule has 5 rings (SSSR count). The third kappa shape index (κ3) is 6.24. The van der Waals surface area contributed by atoms with Crippen molar-refractivity contribution < 1.29 is 59.2 Å². The zero-order valence-electron chi connectivity index (χ0n) is 22.1. The van der Waals surface area contributed by atoms with E-state index in [1.807, 2.05) is 0 Å². The number of fused-ring (bicyclic) bond motifs is 1. The fourth-order valence-electron chi connectivity index (χ4n) is 4.49. The van der Waals surface area contributed by atoms with Crippen LogP contribution in [0.1, 0.15) is 5.56 Å². The summed E-state index contributed by atoms with van der Waals surface area (Å²) < 4.78 is 22.2. The lowest BCUT2D eigenvalue weighted by molar-refractivity contribution is -0.280. The Labute approximate surface area is 242 Å². The molecule has 5 atom stereocenters. The van der Waals surface area contributed by atoms with Gasteiger partial charge in [0, 0.05) is 29.8 Å². The lowest BCUT2D eigenvalue weighted by Crippen LogP contribution is -2.61. The van der Waals surface area contributed by atoms with E-state index >= 15 is 0 Å². The summed E-state index contributed by atoms with van der Waals surface area (Å²) in [5.41, 5.74) is 0.164. The number of rotatable bonds is 7. The molecule has 0 unspecified atom stereocenters. The molecule has 0 saturated carbocycles. The first kappa shape index (κ1) is 29.4. The number of aliphatic hydroxyl groups excluding tert-OH is 3. The number of esters is 1. The van der Waals surface area contributed by atoms with Gasteiger partial charge in [0.2, 0.25) is 6.29 Å². The molecule has 13 heteroatoms. The van der Waals surface area contributed by atoms with E-state index in [2.05, 4.69) is 0 Å². The van der Waals surface area contributed by atoms with Gasteiger partial charge in [-0.25, -0.2) is 4.79 Å². The molecule has 43 heavy (non-hydrogen) atoms. The number of carbonyl (C=O) groups is 1. The maximum atomic E-state index is 12.7. The van der Waals surface area contributed by atoms with Gasteiger partial charge in [-0.1, -0.05) is 6.07 Å². The van der Waals surface area contributed by atoms with Crippen LogP contribution >= 0.6 is 0 Å². The molecule has 0 bridgehead atoms. The van der Waals surface area contributed by atoms with E-state index in [1.165, 1.54) is 60.7 Å². The summed E-state index contributed by atoms with van der Waals surface area (Å²) in [6.45, 7) is -0.738. The minimum atomic E-state index is -1.79. The fourth-order valence-corrected chi connectivity index (χ4v) is 4.49. The van der Waals surface area contributed by atoms with Crippen LogP contribution < -0.4 is 10.2 Å². The monoisotopic (exact) mass is 594 g/mol. The fraction of sp³-hybridized carbons (Fsp3) is 0.200. The lowest BCUT2D eigenvalue weighted by Gasteiger charge is -2.41. The molecule has 0 spiro atoms. The zero-order chi connectivity index (χ0) is 30.8. The molecular weight excluding hydrogens is 568 g/mol. The number of phenols is 4. The SMILES string of the molecule is O=C(/C=C/c1ccc(O)c(O)c1)O[C@@H]1[C@@H](O)[C@H](Oc2cc(O)c3c(=O)cc(-c4ccc(O)cc4)oc3c2)O[C@H](CO)[C@H]1O. The molecule has 1 fully saturated rings. The number of carbonyl (C=O) groups excluding carboxylic acids is 1. The number of hydrogen-bond acceptors (Lipinski definition) is 13. The number of hydrogen-bond donors (Lipinski definition) is 7. The Bertz CT molecular complexity index is 1730. The van der Waals surface area contributed by atoms with Crippen molar-refractivity contribution in [3.8, 4) is 40.1 Å². The number of ether oxygens (including phenoxy) is 3. The summed E-state index contributed by atoms with van der Waals surface area (Å²) >= 11 is 0. The van der Waals surface area contributed by atoms with Gasteiger partial charge in [0.25, 0.3) is 0 Å². The van der Waals surface area contributed by atoms with E-state index in [0.717, 1.165) is 12.1 Å². The van der Waals surface area contributed by atoms with Crippen molar-refractivity contribution in [3.05, 3.63) is 82.5 Å². The van der Waals surface area contributed by atoms with Gasteiger partial charge < -0.3 is 54.4 Å². The number of aromatic hydroxyl groups is 4. The molecule has 0 radical (unpaired) electrons. The van der Waals surface area contributed by atoms with Gasteiger partial charge in [-0.2, -0.15) is 0 Å². The van der Waals surface area contributed by atoms with Crippen LogP contribution in [0.3, 0.4) is 0 Å². The Kier molecular flexibility index (Phi) is 8.23. The van der Waals surface area contributed by atoms with Gasteiger partial charge in [-0.15, -0.1) is 0 Å². The highest BCUT2D eigenvalue weighted by Gasteiger charge is 2.47. The van der Waals surface area contributed by atoms with Crippen molar-refractivity contribution in [1.29, 1.82) is 0 Å². The minimum Gasteiger partial charge on any atom is -0.508 e. The molecule has 1 saturated heterocycles. The van der Waals surface area contributed by atoms with Crippen molar-refractivity contribution in [2.24, 2.45) is 0 Å². The van der Waals surface area contributed by atoms with Crippen LogP contribution in [0.5, 0.6) is 28.7 Å². The molecular formula is C30H26O13. The van der Waals surface area contributed by atoms with E-state index < -0.39 is 60.2 Å². The van der Waals surface area contributed by atoms with Crippen molar-refractivity contribution in [1.82, 2.24) is 0 Å². The van der Waals surface area contributed by atoms with Crippen molar-refractivity contribution in [2.45, 2.75) is 30.7 Å². The van der Waals surface area contributed by atoms with Crippen LogP contribution in [0.15, 0.2) is 76.0 Å². The Morgan fingerprint density at radius 2 is 1.63 bits per heavy atom. The van der Waals surface area contributed by atoms with Crippen LogP contribution in [0.25, 0.3) is 28.4 Å². The predicted molar refractivity (Wildman–Crippen MR) is 148 cm³/mol. The topological polar surface area (TPSA) is 217 Å². The molecule has 4 aromatic rings. The van der Waals surface area contributed by atoms with Crippen LogP contribution in [0.2, 0.25) is 0 Å². The summed E-state index contributed by atoms with van der Waals surface area (Å²) in [6.07, 6.45) is -5.84. The van der Waals surface area contributed by atoms with Crippen LogP contribution in [-0.4, -0.2) is 79.0 Å². The summed E-state index contributed by atoms with van der Waals surface area (Å²) in [7, 11) is 0. The van der Waals surface area contributed by atoms with Gasteiger partial charge >= 0.3 is 5.97 Å². The summed E-state index contributed by atoms with van der Waals surface area (Å²) in [5.74, 6) is -2.26. The first-order valence-electron chi connectivity index (χ1n) is 12.8. The molecule has 1 aromatic heterocycles. The Balaban J connectivity index is 1.38. The van der Waals surface area contributed by atoms with Crippen LogP contribution in [0.4, 0.5) is 0 Å².